The first-order valence-corrected chi connectivity index (χ1v) is 3.16. The molecular weight excluding hydrogens is 207 g/mol. The summed E-state index contributed by atoms with van der Waals surface area (Å²) in [5.74, 6) is 0.426. The molecule has 2 aromatic heterocycles. The van der Waals surface area contributed by atoms with Crippen LogP contribution in [0.1, 0.15) is 0 Å². The summed E-state index contributed by atoms with van der Waals surface area (Å²) in [6.07, 6.45) is 3.09. The summed E-state index contributed by atoms with van der Waals surface area (Å²) in [5, 5.41) is 0. The number of hydrogen-bond acceptors (Lipinski definition) is 4. The van der Waals surface area contributed by atoms with Gasteiger partial charge in [0.25, 0.3) is 0 Å². The number of nitrogens with two attached hydrogens (primary N) is 1. The van der Waals surface area contributed by atoms with Crippen molar-refractivity contribution in [3.05, 3.63) is 12.7 Å². The fourth-order valence-corrected chi connectivity index (χ4v) is 0.964. The van der Waals surface area contributed by atoms with Gasteiger partial charge in [-0.15, -0.1) is 0 Å². The molecule has 0 atom stereocenters. The van der Waals surface area contributed by atoms with Crippen molar-refractivity contribution in [3.8, 4) is 0 Å². The average molecular weight is 215 g/mol. The number of nitrogen functional groups attached to an aromatic ring is 1. The molecule has 0 spiro atoms. The van der Waals surface area contributed by atoms with E-state index in [0.29, 0.717) is 11.3 Å². The van der Waals surface area contributed by atoms with Gasteiger partial charge in [-0.1, -0.05) is 0 Å². The Morgan fingerprint density at radius 1 is 1.33 bits per heavy atom. The molecule has 2 aromatic rings. The minimum absolute atomic E-state index is 0. The van der Waals surface area contributed by atoms with Crippen LogP contribution in [0.3, 0.4) is 0 Å². The SMILES string of the molecule is Cn1cnc2c(N)ncnc21.[Zn]. The summed E-state index contributed by atoms with van der Waals surface area (Å²) >= 11 is 0. The number of imidazole rings is 1. The van der Waals surface area contributed by atoms with Gasteiger partial charge >= 0.3 is 0 Å². The minimum atomic E-state index is 0. The topological polar surface area (TPSA) is 69.6 Å². The first-order chi connectivity index (χ1) is 5.29. The minimum Gasteiger partial charge on any atom is -0.382 e. The standard InChI is InChI=1S/C6H7N5.Zn/c1-11-3-10-4-5(7)8-2-9-6(4)11;/h2-3H,1H3,(H2,7,8,9);. The van der Waals surface area contributed by atoms with Crippen LogP contribution < -0.4 is 5.73 Å². The Balaban J connectivity index is 0.000000720. The van der Waals surface area contributed by atoms with Crippen LogP contribution in [-0.4, -0.2) is 19.5 Å². The van der Waals surface area contributed by atoms with Crippen LogP contribution in [0.2, 0.25) is 0 Å². The van der Waals surface area contributed by atoms with Gasteiger partial charge in [0.05, 0.1) is 6.33 Å². The Morgan fingerprint density at radius 2 is 2.08 bits per heavy atom. The molecule has 0 aromatic carbocycles. The fraction of sp³-hybridized carbons (Fsp3) is 0.167. The first-order valence-electron chi connectivity index (χ1n) is 3.16. The predicted octanol–water partition coefficient (Wildman–Crippen LogP) is -0.0570. The van der Waals surface area contributed by atoms with Crippen molar-refractivity contribution >= 4 is 17.0 Å². The maximum atomic E-state index is 5.54. The average Bonchev–Trinajstić information content (AvgIpc) is 2.35. The third kappa shape index (κ3) is 1.18. The molecule has 0 aliphatic heterocycles. The van der Waals surface area contributed by atoms with Gasteiger partial charge in [-0.25, -0.2) is 15.0 Å². The monoisotopic (exact) mass is 213 g/mol. The van der Waals surface area contributed by atoms with E-state index >= 15 is 0 Å². The fourth-order valence-electron chi connectivity index (χ4n) is 0.964. The smallest absolute Gasteiger partial charge is 0.165 e. The number of rotatable bonds is 0. The number of nitrogens with zero attached hydrogens (tertiary/aromatic N) is 4. The molecule has 12 heavy (non-hydrogen) atoms. The molecule has 0 amide bonds. The van der Waals surface area contributed by atoms with E-state index in [9.17, 15) is 0 Å². The molecule has 2 heterocycles. The summed E-state index contributed by atoms with van der Waals surface area (Å²) in [4.78, 5) is 11.9. The molecular formula is C6H7N5Zn. The Morgan fingerprint density at radius 3 is 2.75 bits per heavy atom. The second kappa shape index (κ2) is 3.15. The van der Waals surface area contributed by atoms with Crippen LogP contribution >= 0.6 is 0 Å². The summed E-state index contributed by atoms with van der Waals surface area (Å²) in [5.41, 5.74) is 6.97. The summed E-state index contributed by atoms with van der Waals surface area (Å²) in [7, 11) is 1.86. The van der Waals surface area contributed by atoms with Crippen molar-refractivity contribution in [1.82, 2.24) is 19.5 Å². The first kappa shape index (κ1) is 9.06. The van der Waals surface area contributed by atoms with Gasteiger partial charge in [0.2, 0.25) is 0 Å². The van der Waals surface area contributed by atoms with Gasteiger partial charge in [-0.3, -0.25) is 0 Å². The van der Waals surface area contributed by atoms with E-state index in [1.54, 1.807) is 10.9 Å². The molecule has 0 unspecified atom stereocenters. The normalized spacial score (nSPS) is 9.75. The number of aryl methyl sites for hydroxylation is 1. The van der Waals surface area contributed by atoms with E-state index in [-0.39, 0.29) is 19.5 Å². The Kier molecular flexibility index (Phi) is 2.38. The number of hydrogen-bond donors (Lipinski definition) is 1. The molecule has 0 radical (unpaired) electrons. The molecule has 58 valence electrons. The molecule has 2 N–H and O–H groups in total. The number of fused-ring (bicyclic) bond motifs is 1. The molecule has 5 nitrogen and oxygen atoms in total. The van der Waals surface area contributed by atoms with Crippen molar-refractivity contribution in [1.29, 1.82) is 0 Å². The summed E-state index contributed by atoms with van der Waals surface area (Å²) in [6.45, 7) is 0. The van der Waals surface area contributed by atoms with E-state index in [1.165, 1.54) is 6.33 Å². The van der Waals surface area contributed by atoms with Gasteiger partial charge in [-0.2, -0.15) is 0 Å². The van der Waals surface area contributed by atoms with Crippen molar-refractivity contribution in [2.45, 2.75) is 0 Å². The van der Waals surface area contributed by atoms with Gasteiger partial charge in [-0.05, 0) is 0 Å². The van der Waals surface area contributed by atoms with Gasteiger partial charge in [0.15, 0.2) is 11.5 Å². The van der Waals surface area contributed by atoms with E-state index in [2.05, 4.69) is 15.0 Å². The van der Waals surface area contributed by atoms with Crippen molar-refractivity contribution in [2.24, 2.45) is 7.05 Å². The Bertz CT molecular complexity index is 396. The van der Waals surface area contributed by atoms with Crippen LogP contribution in [-0.2, 0) is 26.5 Å². The zero-order valence-electron chi connectivity index (χ0n) is 6.73. The largest absolute Gasteiger partial charge is 0.382 e. The second-order valence-corrected chi connectivity index (χ2v) is 2.29. The van der Waals surface area contributed by atoms with Crippen molar-refractivity contribution in [2.75, 3.05) is 5.73 Å². The van der Waals surface area contributed by atoms with E-state index in [0.717, 1.165) is 5.65 Å². The van der Waals surface area contributed by atoms with E-state index in [1.807, 2.05) is 7.05 Å². The maximum Gasteiger partial charge on any atom is 0.165 e. The zero-order valence-corrected chi connectivity index (χ0v) is 9.70. The molecule has 0 saturated carbocycles. The molecule has 6 heteroatoms. The van der Waals surface area contributed by atoms with Gasteiger partial charge in [0, 0.05) is 26.5 Å². The third-order valence-electron chi connectivity index (χ3n) is 1.53. The third-order valence-corrected chi connectivity index (χ3v) is 1.53. The molecule has 2 rings (SSSR count). The molecule has 0 bridgehead atoms. The quantitative estimate of drug-likeness (QED) is 0.624. The van der Waals surface area contributed by atoms with E-state index in [4.69, 9.17) is 5.73 Å². The molecule has 0 aliphatic carbocycles. The van der Waals surface area contributed by atoms with E-state index < -0.39 is 0 Å². The summed E-state index contributed by atoms with van der Waals surface area (Å²) in [6, 6.07) is 0. The number of anilines is 1. The summed E-state index contributed by atoms with van der Waals surface area (Å²) < 4.78 is 1.80. The molecule has 0 aliphatic rings. The van der Waals surface area contributed by atoms with Crippen LogP contribution in [0.15, 0.2) is 12.7 Å². The van der Waals surface area contributed by atoms with Crippen LogP contribution in [0, 0.1) is 0 Å². The predicted molar refractivity (Wildman–Crippen MR) is 40.7 cm³/mol. The van der Waals surface area contributed by atoms with Crippen molar-refractivity contribution in [3.63, 3.8) is 0 Å². The number of aromatic nitrogens is 4. The molecule has 0 saturated heterocycles. The zero-order chi connectivity index (χ0) is 7.84. The Hall–Kier alpha value is -1.03. The van der Waals surface area contributed by atoms with Crippen LogP contribution in [0.5, 0.6) is 0 Å². The second-order valence-electron chi connectivity index (χ2n) is 2.29. The maximum absolute atomic E-state index is 5.54. The van der Waals surface area contributed by atoms with Gasteiger partial charge in [0.1, 0.15) is 11.8 Å². The van der Waals surface area contributed by atoms with Crippen molar-refractivity contribution < 1.29 is 19.5 Å². The Labute approximate surface area is 81.8 Å². The molecule has 0 fully saturated rings. The van der Waals surface area contributed by atoms with Crippen LogP contribution in [0.4, 0.5) is 5.82 Å². The van der Waals surface area contributed by atoms with Crippen LogP contribution in [0.25, 0.3) is 11.2 Å². The van der Waals surface area contributed by atoms with Gasteiger partial charge < -0.3 is 10.3 Å².